The van der Waals surface area contributed by atoms with Crippen molar-refractivity contribution in [3.8, 4) is 0 Å². The van der Waals surface area contributed by atoms with Crippen LogP contribution in [0.25, 0.3) is 0 Å². The average Bonchev–Trinajstić information content (AvgIpc) is 2.58. The predicted molar refractivity (Wildman–Crippen MR) is 119 cm³/mol. The zero-order chi connectivity index (χ0) is 22.9. The summed E-state index contributed by atoms with van der Waals surface area (Å²) in [4.78, 5) is 19.6. The fraction of sp³-hybridized carbons (Fsp3) is 0.727. The molecular weight excluding hydrogens is 383 g/mol. The van der Waals surface area contributed by atoms with Crippen LogP contribution in [0.5, 0.6) is 0 Å². The molecule has 1 saturated heterocycles. The Hall–Kier alpha value is -1.64. The molecule has 1 aromatic heterocycles. The zero-order valence-corrected chi connectivity index (χ0v) is 19.7. The molecule has 1 aromatic rings. The van der Waals surface area contributed by atoms with Crippen molar-refractivity contribution < 1.29 is 24.3 Å². The summed E-state index contributed by atoms with van der Waals surface area (Å²) in [6, 6.07) is 0. The number of ether oxygens (including phenoxy) is 2. The Balaban J connectivity index is 2.64. The Kier molecular flexibility index (Phi) is 7.59. The van der Waals surface area contributed by atoms with Crippen LogP contribution in [-0.2, 0) is 14.3 Å². The molecular formula is C22H37BN2O5. The molecule has 2 N–H and O–H groups in total. The van der Waals surface area contributed by atoms with E-state index in [1.807, 2.05) is 27.7 Å². The zero-order valence-electron chi connectivity index (χ0n) is 19.7. The molecule has 168 valence electrons. The third-order valence-electron chi connectivity index (χ3n) is 5.33. The summed E-state index contributed by atoms with van der Waals surface area (Å²) in [5.74, 6) is -0.506. The lowest BCUT2D eigenvalue weighted by atomic mass is 9.76. The molecule has 0 bridgehead atoms. The van der Waals surface area contributed by atoms with Gasteiger partial charge in [-0.05, 0) is 59.8 Å². The van der Waals surface area contributed by atoms with Gasteiger partial charge in [0.1, 0.15) is 0 Å². The maximum atomic E-state index is 13.1. The summed E-state index contributed by atoms with van der Waals surface area (Å²) in [7, 11) is -1.71. The van der Waals surface area contributed by atoms with Crippen LogP contribution in [0, 0.1) is 12.3 Å². The fourth-order valence-corrected chi connectivity index (χ4v) is 3.69. The first-order chi connectivity index (χ1) is 13.7. The maximum absolute atomic E-state index is 13.1. The number of carbonyl (C=O) groups is 1. The Labute approximate surface area is 180 Å². The van der Waals surface area contributed by atoms with Gasteiger partial charge in [0, 0.05) is 41.7 Å². The number of hydrogen-bond acceptors (Lipinski definition) is 7. The van der Waals surface area contributed by atoms with E-state index in [0.717, 1.165) is 25.9 Å². The van der Waals surface area contributed by atoms with Crippen molar-refractivity contribution in [2.45, 2.75) is 86.0 Å². The fourth-order valence-electron chi connectivity index (χ4n) is 3.69. The standard InChI is InChI=1S/C22H37BN2O5/c1-14(2)29-20(26)19(30-21(4,5)6)17-15(3)24-13-16(23(27)28)18(17)25-11-9-22(7,8)10-12-25/h13-14,19,27-28H,9-12H2,1-8H3. The molecule has 30 heavy (non-hydrogen) atoms. The highest BCUT2D eigenvalue weighted by Gasteiger charge is 2.38. The Morgan fingerprint density at radius 2 is 1.80 bits per heavy atom. The first-order valence-corrected chi connectivity index (χ1v) is 10.7. The van der Waals surface area contributed by atoms with Gasteiger partial charge in [-0.3, -0.25) is 4.98 Å². The van der Waals surface area contributed by atoms with Crippen molar-refractivity contribution >= 4 is 24.2 Å². The molecule has 1 atom stereocenters. The van der Waals surface area contributed by atoms with Crippen molar-refractivity contribution in [2.24, 2.45) is 5.41 Å². The molecule has 0 spiro atoms. The second kappa shape index (κ2) is 9.24. The SMILES string of the molecule is Cc1ncc(B(O)O)c(N2CCC(C)(C)CC2)c1C(OC(C)(C)C)C(=O)OC(C)C. The molecule has 1 fully saturated rings. The topological polar surface area (TPSA) is 92.1 Å². The van der Waals surface area contributed by atoms with Crippen molar-refractivity contribution in [1.29, 1.82) is 0 Å². The third kappa shape index (κ3) is 6.19. The highest BCUT2D eigenvalue weighted by atomic mass is 16.6. The second-order valence-electron chi connectivity index (χ2n) is 10.2. The molecule has 8 heteroatoms. The lowest BCUT2D eigenvalue weighted by Gasteiger charge is -2.41. The summed E-state index contributed by atoms with van der Waals surface area (Å²) in [6.45, 7) is 17.0. The van der Waals surface area contributed by atoms with Crippen LogP contribution >= 0.6 is 0 Å². The van der Waals surface area contributed by atoms with Gasteiger partial charge in [0.15, 0.2) is 6.10 Å². The number of aromatic nitrogens is 1. The summed E-state index contributed by atoms with van der Waals surface area (Å²) >= 11 is 0. The third-order valence-corrected chi connectivity index (χ3v) is 5.33. The van der Waals surface area contributed by atoms with Crippen LogP contribution in [-0.4, -0.2) is 52.9 Å². The van der Waals surface area contributed by atoms with Gasteiger partial charge in [0.05, 0.1) is 11.7 Å². The van der Waals surface area contributed by atoms with Gasteiger partial charge in [-0.15, -0.1) is 0 Å². The Bertz CT molecular complexity index is 749. The molecule has 1 aliphatic rings. The van der Waals surface area contributed by atoms with E-state index in [0.29, 0.717) is 16.9 Å². The molecule has 0 amide bonds. The molecule has 0 radical (unpaired) electrons. The minimum absolute atomic E-state index is 0.217. The highest BCUT2D eigenvalue weighted by molar-refractivity contribution is 6.60. The van der Waals surface area contributed by atoms with E-state index in [2.05, 4.69) is 23.7 Å². The van der Waals surface area contributed by atoms with E-state index in [1.165, 1.54) is 6.20 Å². The van der Waals surface area contributed by atoms with Crippen molar-refractivity contribution in [3.63, 3.8) is 0 Å². The average molecular weight is 420 g/mol. The van der Waals surface area contributed by atoms with Crippen LogP contribution < -0.4 is 10.4 Å². The first-order valence-electron chi connectivity index (χ1n) is 10.7. The van der Waals surface area contributed by atoms with E-state index in [1.54, 1.807) is 13.8 Å². The van der Waals surface area contributed by atoms with E-state index in [9.17, 15) is 14.8 Å². The van der Waals surface area contributed by atoms with E-state index in [4.69, 9.17) is 9.47 Å². The van der Waals surface area contributed by atoms with E-state index < -0.39 is 24.8 Å². The molecule has 2 heterocycles. The van der Waals surface area contributed by atoms with Gasteiger partial charge in [0.2, 0.25) is 0 Å². The number of aryl methyl sites for hydroxylation is 1. The lowest BCUT2D eigenvalue weighted by molar-refractivity contribution is -0.171. The van der Waals surface area contributed by atoms with Gasteiger partial charge in [-0.1, -0.05) is 13.8 Å². The number of piperidine rings is 1. The minimum atomic E-state index is -1.71. The smallest absolute Gasteiger partial charge is 0.461 e. The summed E-state index contributed by atoms with van der Waals surface area (Å²) < 4.78 is 11.7. The number of hydrogen-bond donors (Lipinski definition) is 2. The minimum Gasteiger partial charge on any atom is -0.461 e. The number of carbonyl (C=O) groups excluding carboxylic acids is 1. The lowest BCUT2D eigenvalue weighted by Crippen LogP contribution is -2.45. The maximum Gasteiger partial charge on any atom is 0.492 e. The molecule has 2 rings (SSSR count). The van der Waals surface area contributed by atoms with Crippen molar-refractivity contribution in [1.82, 2.24) is 4.98 Å². The van der Waals surface area contributed by atoms with Crippen molar-refractivity contribution in [3.05, 3.63) is 17.5 Å². The Morgan fingerprint density at radius 3 is 2.27 bits per heavy atom. The van der Waals surface area contributed by atoms with Crippen LogP contribution in [0.3, 0.4) is 0 Å². The van der Waals surface area contributed by atoms with E-state index in [-0.39, 0.29) is 17.0 Å². The number of anilines is 1. The number of esters is 1. The molecule has 0 aromatic carbocycles. The van der Waals surface area contributed by atoms with Gasteiger partial charge in [-0.25, -0.2) is 4.79 Å². The van der Waals surface area contributed by atoms with Crippen LogP contribution in [0.1, 0.15) is 78.7 Å². The number of nitrogens with zero attached hydrogens (tertiary/aromatic N) is 2. The molecule has 0 saturated carbocycles. The Morgan fingerprint density at radius 1 is 1.23 bits per heavy atom. The monoisotopic (exact) mass is 420 g/mol. The second-order valence-corrected chi connectivity index (χ2v) is 10.2. The van der Waals surface area contributed by atoms with Gasteiger partial charge in [0.25, 0.3) is 0 Å². The molecule has 1 aliphatic heterocycles. The largest absolute Gasteiger partial charge is 0.492 e. The van der Waals surface area contributed by atoms with Gasteiger partial charge >= 0.3 is 13.1 Å². The summed E-state index contributed by atoms with van der Waals surface area (Å²) in [6.07, 6.45) is 2.05. The highest BCUT2D eigenvalue weighted by Crippen LogP contribution is 2.38. The van der Waals surface area contributed by atoms with Gasteiger partial charge < -0.3 is 24.4 Å². The van der Waals surface area contributed by atoms with Crippen molar-refractivity contribution in [2.75, 3.05) is 18.0 Å². The van der Waals surface area contributed by atoms with Crippen LogP contribution in [0.2, 0.25) is 0 Å². The van der Waals surface area contributed by atoms with Crippen LogP contribution in [0.4, 0.5) is 5.69 Å². The summed E-state index contributed by atoms with van der Waals surface area (Å²) in [5.41, 5.74) is 1.63. The number of pyridine rings is 1. The summed E-state index contributed by atoms with van der Waals surface area (Å²) in [5, 5.41) is 20.2. The first kappa shape index (κ1) is 24.6. The van der Waals surface area contributed by atoms with E-state index >= 15 is 0 Å². The predicted octanol–water partition coefficient (Wildman–Crippen LogP) is 2.50. The van der Waals surface area contributed by atoms with Gasteiger partial charge in [-0.2, -0.15) is 0 Å². The normalized spacial score (nSPS) is 17.8. The molecule has 1 unspecified atom stereocenters. The van der Waals surface area contributed by atoms with Crippen LogP contribution in [0.15, 0.2) is 6.20 Å². The quantitative estimate of drug-likeness (QED) is 0.540. The molecule has 0 aliphatic carbocycles. The number of rotatable bonds is 6. The molecule has 7 nitrogen and oxygen atoms in total.